The summed E-state index contributed by atoms with van der Waals surface area (Å²) in [5.41, 5.74) is 14.1. The van der Waals surface area contributed by atoms with E-state index in [0.717, 1.165) is 47.6 Å². The molecule has 0 unspecified atom stereocenters. The van der Waals surface area contributed by atoms with E-state index in [4.69, 9.17) is 4.98 Å². The number of fused-ring (bicyclic) bond motifs is 8. The van der Waals surface area contributed by atoms with E-state index in [1.807, 2.05) is 36.9 Å². The van der Waals surface area contributed by atoms with Crippen LogP contribution in [0, 0.1) is 0 Å². The SMILES string of the molecule is CC/C1=C\C=C/CCN(c2cc(-c3cccnc3)nc(-c3cccnc3)c2)c2c3c(c4ccccc4c21)-c1ccccc1C3(C)C. The Labute approximate surface area is 270 Å². The Morgan fingerprint density at radius 1 is 0.761 bits per heavy atom. The molecule has 4 heterocycles. The van der Waals surface area contributed by atoms with E-state index in [1.165, 1.54) is 49.9 Å². The first kappa shape index (κ1) is 28.1. The maximum Gasteiger partial charge on any atom is 0.0745 e. The molecule has 4 heteroatoms. The van der Waals surface area contributed by atoms with Gasteiger partial charge in [0.15, 0.2) is 0 Å². The third kappa shape index (κ3) is 4.47. The minimum atomic E-state index is -0.204. The molecule has 0 fully saturated rings. The Balaban J connectivity index is 1.50. The summed E-state index contributed by atoms with van der Waals surface area (Å²) >= 11 is 0. The van der Waals surface area contributed by atoms with Crippen LogP contribution in [0.2, 0.25) is 0 Å². The molecular formula is C42H36N4. The summed E-state index contributed by atoms with van der Waals surface area (Å²) in [5.74, 6) is 0. The van der Waals surface area contributed by atoms with Crippen LogP contribution in [-0.2, 0) is 5.41 Å². The predicted molar refractivity (Wildman–Crippen MR) is 191 cm³/mol. The lowest BCUT2D eigenvalue weighted by molar-refractivity contribution is 0.658. The molecular weight excluding hydrogens is 560 g/mol. The first-order valence-corrected chi connectivity index (χ1v) is 16.2. The molecule has 0 amide bonds. The van der Waals surface area contributed by atoms with Gasteiger partial charge in [-0.05, 0) is 87.8 Å². The fourth-order valence-corrected chi connectivity index (χ4v) is 7.52. The molecule has 0 atom stereocenters. The van der Waals surface area contributed by atoms with Crippen LogP contribution >= 0.6 is 0 Å². The molecule has 8 rings (SSSR count). The molecule has 0 spiro atoms. The minimum Gasteiger partial charge on any atom is -0.340 e. The minimum absolute atomic E-state index is 0.204. The Hall–Kier alpha value is -5.35. The topological polar surface area (TPSA) is 41.9 Å². The van der Waals surface area contributed by atoms with Gasteiger partial charge in [0, 0.05) is 59.1 Å². The summed E-state index contributed by atoms with van der Waals surface area (Å²) in [7, 11) is 0. The summed E-state index contributed by atoms with van der Waals surface area (Å²) in [4.78, 5) is 16.6. The molecule has 1 aliphatic carbocycles. The van der Waals surface area contributed by atoms with E-state index < -0.39 is 0 Å². The Kier molecular flexibility index (Phi) is 6.87. The number of hydrogen-bond donors (Lipinski definition) is 0. The fraction of sp³-hybridized carbons (Fsp3) is 0.167. The molecule has 46 heavy (non-hydrogen) atoms. The average Bonchev–Trinajstić information content (AvgIpc) is 3.40. The van der Waals surface area contributed by atoms with Crippen molar-refractivity contribution in [3.63, 3.8) is 0 Å². The van der Waals surface area contributed by atoms with Crippen molar-refractivity contribution in [1.82, 2.24) is 15.0 Å². The summed E-state index contributed by atoms with van der Waals surface area (Å²) < 4.78 is 0. The van der Waals surface area contributed by atoms with Gasteiger partial charge in [0.2, 0.25) is 0 Å². The molecule has 3 aromatic heterocycles. The van der Waals surface area contributed by atoms with E-state index in [2.05, 4.69) is 127 Å². The standard InChI is InChI=1S/C42H36N4/c1-4-28-14-6-5-11-23-46(31-24-36(29-15-12-21-43-26-29)45-37(25-31)30-16-13-22-44-27-30)41-38(28)32-17-7-8-18-33(32)39-34-19-9-10-20-35(34)42(2,3)40(39)41/h5-10,12-22,24-27H,4,11,23H2,1-3H3/b6-5-,28-14+. The van der Waals surface area contributed by atoms with Gasteiger partial charge in [-0.2, -0.15) is 0 Å². The second-order valence-electron chi connectivity index (χ2n) is 12.7. The van der Waals surface area contributed by atoms with E-state index in [9.17, 15) is 0 Å². The van der Waals surface area contributed by atoms with Gasteiger partial charge in [-0.25, -0.2) is 4.98 Å². The molecule has 0 saturated heterocycles. The van der Waals surface area contributed by atoms with E-state index in [1.54, 1.807) is 0 Å². The van der Waals surface area contributed by atoms with Crippen molar-refractivity contribution >= 4 is 27.7 Å². The highest BCUT2D eigenvalue weighted by atomic mass is 15.1. The van der Waals surface area contributed by atoms with Crippen molar-refractivity contribution in [3.8, 4) is 33.6 Å². The van der Waals surface area contributed by atoms with Gasteiger partial charge in [0.1, 0.15) is 0 Å². The highest BCUT2D eigenvalue weighted by Crippen LogP contribution is 2.58. The van der Waals surface area contributed by atoms with Crippen LogP contribution in [0.25, 0.3) is 50.0 Å². The number of benzene rings is 3. The van der Waals surface area contributed by atoms with Crippen molar-refractivity contribution in [1.29, 1.82) is 0 Å². The predicted octanol–water partition coefficient (Wildman–Crippen LogP) is 10.6. The van der Waals surface area contributed by atoms with E-state index in [-0.39, 0.29) is 5.41 Å². The average molecular weight is 597 g/mol. The molecule has 6 aromatic rings. The van der Waals surface area contributed by atoms with Crippen molar-refractivity contribution in [2.45, 2.75) is 39.0 Å². The number of anilines is 2. The van der Waals surface area contributed by atoms with Crippen molar-refractivity contribution in [2.24, 2.45) is 0 Å². The second-order valence-corrected chi connectivity index (χ2v) is 12.7. The van der Waals surface area contributed by atoms with Gasteiger partial charge in [0.05, 0.1) is 17.1 Å². The van der Waals surface area contributed by atoms with Gasteiger partial charge >= 0.3 is 0 Å². The van der Waals surface area contributed by atoms with Crippen LogP contribution in [0.15, 0.2) is 128 Å². The van der Waals surface area contributed by atoms with Gasteiger partial charge in [-0.3, -0.25) is 9.97 Å². The number of hydrogen-bond acceptors (Lipinski definition) is 4. The maximum atomic E-state index is 5.17. The number of pyridine rings is 3. The highest BCUT2D eigenvalue weighted by molar-refractivity contribution is 6.12. The quantitative estimate of drug-likeness (QED) is 0.203. The first-order valence-electron chi connectivity index (χ1n) is 16.2. The van der Waals surface area contributed by atoms with Gasteiger partial charge < -0.3 is 4.90 Å². The molecule has 4 nitrogen and oxygen atoms in total. The zero-order chi connectivity index (χ0) is 31.3. The third-order valence-electron chi connectivity index (χ3n) is 9.65. The molecule has 2 aliphatic rings. The lowest BCUT2D eigenvalue weighted by Gasteiger charge is -2.35. The largest absolute Gasteiger partial charge is 0.340 e. The Morgan fingerprint density at radius 3 is 2.07 bits per heavy atom. The van der Waals surface area contributed by atoms with Crippen molar-refractivity contribution in [3.05, 3.63) is 145 Å². The van der Waals surface area contributed by atoms with Gasteiger partial charge in [0.25, 0.3) is 0 Å². The number of nitrogens with zero attached hydrogens (tertiary/aromatic N) is 4. The van der Waals surface area contributed by atoms with Gasteiger partial charge in [-0.15, -0.1) is 0 Å². The van der Waals surface area contributed by atoms with Crippen LogP contribution in [0.4, 0.5) is 11.4 Å². The zero-order valence-electron chi connectivity index (χ0n) is 26.5. The van der Waals surface area contributed by atoms with Crippen LogP contribution in [0.5, 0.6) is 0 Å². The normalized spacial score (nSPS) is 16.8. The van der Waals surface area contributed by atoms with E-state index in [0.29, 0.717) is 0 Å². The monoisotopic (exact) mass is 596 g/mol. The molecule has 224 valence electrons. The third-order valence-corrected chi connectivity index (χ3v) is 9.65. The molecule has 0 N–H and O–H groups in total. The molecule has 0 saturated carbocycles. The molecule has 0 radical (unpaired) electrons. The van der Waals surface area contributed by atoms with Crippen LogP contribution in [0.1, 0.15) is 50.3 Å². The van der Waals surface area contributed by atoms with Crippen molar-refractivity contribution in [2.75, 3.05) is 11.4 Å². The summed E-state index contributed by atoms with van der Waals surface area (Å²) in [6.07, 6.45) is 16.2. The zero-order valence-corrected chi connectivity index (χ0v) is 26.5. The Bertz CT molecular complexity index is 2100. The number of aromatic nitrogens is 3. The molecule has 3 aromatic carbocycles. The van der Waals surface area contributed by atoms with Crippen molar-refractivity contribution < 1.29 is 0 Å². The van der Waals surface area contributed by atoms with Crippen LogP contribution < -0.4 is 4.90 Å². The first-order chi connectivity index (χ1) is 22.6. The summed E-state index contributed by atoms with van der Waals surface area (Å²) in [5, 5.41) is 2.62. The molecule has 0 bridgehead atoms. The Morgan fingerprint density at radius 2 is 1.41 bits per heavy atom. The smallest absolute Gasteiger partial charge is 0.0745 e. The summed E-state index contributed by atoms with van der Waals surface area (Å²) in [6, 6.07) is 30.6. The van der Waals surface area contributed by atoms with Gasteiger partial charge in [-0.1, -0.05) is 87.5 Å². The second kappa shape index (κ2) is 11.2. The van der Waals surface area contributed by atoms with Crippen LogP contribution in [0.3, 0.4) is 0 Å². The van der Waals surface area contributed by atoms with Crippen LogP contribution in [-0.4, -0.2) is 21.5 Å². The lowest BCUT2D eigenvalue weighted by Crippen LogP contribution is -2.26. The number of rotatable bonds is 4. The molecule has 1 aliphatic heterocycles. The number of allylic oxidation sites excluding steroid dienone is 3. The highest BCUT2D eigenvalue weighted by Gasteiger charge is 2.41. The lowest BCUT2D eigenvalue weighted by atomic mass is 9.78. The fourth-order valence-electron chi connectivity index (χ4n) is 7.52. The van der Waals surface area contributed by atoms with E-state index >= 15 is 0 Å². The summed E-state index contributed by atoms with van der Waals surface area (Å²) in [6.45, 7) is 7.91. The maximum absolute atomic E-state index is 5.17.